The first-order chi connectivity index (χ1) is 11.7. The number of carbonyl (C=O) groups is 1. The van der Waals surface area contributed by atoms with Gasteiger partial charge < -0.3 is 14.4 Å². The van der Waals surface area contributed by atoms with Crippen LogP contribution in [0.15, 0.2) is 18.2 Å². The van der Waals surface area contributed by atoms with E-state index in [-0.39, 0.29) is 11.3 Å². The Morgan fingerprint density at radius 3 is 2.83 bits per heavy atom. The largest absolute Gasteiger partial charge is 0.486 e. The van der Waals surface area contributed by atoms with E-state index in [1.807, 2.05) is 23.9 Å². The summed E-state index contributed by atoms with van der Waals surface area (Å²) in [6, 6.07) is 6.09. The van der Waals surface area contributed by atoms with Crippen molar-refractivity contribution in [1.82, 2.24) is 4.90 Å². The van der Waals surface area contributed by atoms with Gasteiger partial charge in [0.2, 0.25) is 5.91 Å². The van der Waals surface area contributed by atoms with Crippen LogP contribution < -0.4 is 9.47 Å². The van der Waals surface area contributed by atoms with E-state index in [0.717, 1.165) is 55.0 Å². The van der Waals surface area contributed by atoms with Crippen LogP contribution in [0.1, 0.15) is 50.5 Å². The second-order valence-electron chi connectivity index (χ2n) is 6.41. The number of hydrogen-bond donors (Lipinski definition) is 0. The maximum absolute atomic E-state index is 13.0. The molecule has 132 valence electrons. The van der Waals surface area contributed by atoms with Crippen LogP contribution in [0.25, 0.3) is 0 Å². The lowest BCUT2D eigenvalue weighted by Crippen LogP contribution is -2.35. The molecule has 1 amide bonds. The van der Waals surface area contributed by atoms with Gasteiger partial charge in [-0.25, -0.2) is 0 Å². The average Bonchev–Trinajstić information content (AvgIpc) is 3.11. The zero-order valence-corrected chi connectivity index (χ0v) is 15.4. The molecule has 0 bridgehead atoms. The molecular weight excluding hydrogens is 322 g/mol. The van der Waals surface area contributed by atoms with Crippen molar-refractivity contribution in [2.75, 3.05) is 25.5 Å². The number of amides is 1. The molecule has 1 aromatic carbocycles. The molecule has 0 radical (unpaired) electrons. The van der Waals surface area contributed by atoms with Gasteiger partial charge in [-0.1, -0.05) is 32.8 Å². The fourth-order valence-corrected chi connectivity index (χ4v) is 4.63. The zero-order chi connectivity index (χ0) is 16.9. The minimum Gasteiger partial charge on any atom is -0.486 e. The van der Waals surface area contributed by atoms with Crippen molar-refractivity contribution in [1.29, 1.82) is 0 Å². The van der Waals surface area contributed by atoms with Gasteiger partial charge in [0.05, 0.1) is 0 Å². The van der Waals surface area contributed by atoms with Crippen LogP contribution in [0.2, 0.25) is 0 Å². The van der Waals surface area contributed by atoms with E-state index < -0.39 is 0 Å². The molecule has 3 rings (SSSR count). The summed E-state index contributed by atoms with van der Waals surface area (Å²) in [5.41, 5.74) is 1.14. The number of unbranched alkanes of at least 4 members (excludes halogenated alkanes) is 1. The van der Waals surface area contributed by atoms with Crippen molar-refractivity contribution in [2.24, 2.45) is 5.92 Å². The van der Waals surface area contributed by atoms with Gasteiger partial charge in [0, 0.05) is 18.2 Å². The molecule has 2 aliphatic rings. The smallest absolute Gasteiger partial charge is 0.226 e. The zero-order valence-electron chi connectivity index (χ0n) is 14.6. The summed E-state index contributed by atoms with van der Waals surface area (Å²) in [6.07, 6.45) is 4.19. The van der Waals surface area contributed by atoms with Crippen LogP contribution in [0.4, 0.5) is 0 Å². The number of rotatable bonds is 6. The van der Waals surface area contributed by atoms with Crippen molar-refractivity contribution in [3.05, 3.63) is 23.8 Å². The Morgan fingerprint density at radius 1 is 1.29 bits per heavy atom. The fourth-order valence-electron chi connectivity index (χ4n) is 3.37. The third kappa shape index (κ3) is 3.66. The Balaban J connectivity index is 1.76. The highest BCUT2D eigenvalue weighted by atomic mass is 32.2. The van der Waals surface area contributed by atoms with Gasteiger partial charge in [0.1, 0.15) is 18.6 Å². The van der Waals surface area contributed by atoms with Crippen molar-refractivity contribution in [3.8, 4) is 11.5 Å². The number of fused-ring (bicyclic) bond motifs is 1. The van der Waals surface area contributed by atoms with E-state index in [4.69, 9.17) is 9.47 Å². The SMILES string of the molecule is CCCC[C@H](CC)C(=O)N1CCS[C@@H]1c1ccc2c(c1)OCCO2. The highest BCUT2D eigenvalue weighted by Crippen LogP contribution is 2.42. The molecule has 0 spiro atoms. The van der Waals surface area contributed by atoms with E-state index in [2.05, 4.69) is 24.8 Å². The van der Waals surface area contributed by atoms with Crippen LogP contribution in [0.5, 0.6) is 11.5 Å². The second kappa shape index (κ2) is 8.15. The van der Waals surface area contributed by atoms with Gasteiger partial charge in [0.25, 0.3) is 0 Å². The Kier molecular flexibility index (Phi) is 5.93. The molecule has 24 heavy (non-hydrogen) atoms. The minimum atomic E-state index is 0.101. The summed E-state index contributed by atoms with van der Waals surface area (Å²) in [6.45, 7) is 6.34. The molecule has 1 fully saturated rings. The predicted molar refractivity (Wildman–Crippen MR) is 97.7 cm³/mol. The molecule has 0 N–H and O–H groups in total. The lowest BCUT2D eigenvalue weighted by atomic mass is 9.97. The molecule has 0 unspecified atom stereocenters. The summed E-state index contributed by atoms with van der Waals surface area (Å²) >= 11 is 1.84. The molecule has 2 heterocycles. The Morgan fingerprint density at radius 2 is 2.08 bits per heavy atom. The Labute approximate surface area is 148 Å². The van der Waals surface area contributed by atoms with Crippen LogP contribution in [0.3, 0.4) is 0 Å². The van der Waals surface area contributed by atoms with Gasteiger partial charge in [-0.2, -0.15) is 0 Å². The number of hydrogen-bond acceptors (Lipinski definition) is 4. The highest BCUT2D eigenvalue weighted by Gasteiger charge is 2.34. The monoisotopic (exact) mass is 349 g/mol. The van der Waals surface area contributed by atoms with Crippen LogP contribution in [0, 0.1) is 5.92 Å². The van der Waals surface area contributed by atoms with E-state index in [1.54, 1.807) is 0 Å². The third-order valence-electron chi connectivity index (χ3n) is 4.77. The fraction of sp³-hybridized carbons (Fsp3) is 0.632. The average molecular weight is 349 g/mol. The van der Waals surface area contributed by atoms with Gasteiger partial charge in [-0.05, 0) is 30.5 Å². The highest BCUT2D eigenvalue weighted by molar-refractivity contribution is 7.99. The standard InChI is InChI=1S/C19H27NO3S/c1-3-5-6-14(4-2)18(21)20-9-12-24-19(20)15-7-8-16-17(13-15)23-11-10-22-16/h7-8,13-14,19H,3-6,9-12H2,1-2H3/t14-,19+/m0/s1. The van der Waals surface area contributed by atoms with Gasteiger partial charge >= 0.3 is 0 Å². The maximum atomic E-state index is 13.0. The van der Waals surface area contributed by atoms with Gasteiger partial charge in [-0.15, -0.1) is 11.8 Å². The third-order valence-corrected chi connectivity index (χ3v) is 6.03. The lowest BCUT2D eigenvalue weighted by Gasteiger charge is -2.29. The van der Waals surface area contributed by atoms with Crippen molar-refractivity contribution in [2.45, 2.75) is 44.9 Å². The maximum Gasteiger partial charge on any atom is 0.226 e. The molecule has 5 heteroatoms. The van der Waals surface area contributed by atoms with Crippen LogP contribution in [-0.4, -0.2) is 36.3 Å². The van der Waals surface area contributed by atoms with Crippen molar-refractivity contribution in [3.63, 3.8) is 0 Å². The Bertz CT molecular complexity index is 578. The molecular formula is C19H27NO3S. The van der Waals surface area contributed by atoms with Crippen LogP contribution >= 0.6 is 11.8 Å². The number of ether oxygens (including phenoxy) is 2. The first kappa shape index (κ1) is 17.5. The first-order valence-electron chi connectivity index (χ1n) is 9.06. The van der Waals surface area contributed by atoms with Crippen molar-refractivity contribution < 1.29 is 14.3 Å². The second-order valence-corrected chi connectivity index (χ2v) is 7.59. The molecule has 4 nitrogen and oxygen atoms in total. The lowest BCUT2D eigenvalue weighted by molar-refractivity contribution is -0.136. The summed E-state index contributed by atoms with van der Waals surface area (Å²) in [5.74, 6) is 3.07. The van der Waals surface area contributed by atoms with Crippen molar-refractivity contribution >= 4 is 17.7 Å². The van der Waals surface area contributed by atoms with Gasteiger partial charge in [-0.3, -0.25) is 4.79 Å². The minimum absolute atomic E-state index is 0.101. The normalized spacial score (nSPS) is 20.9. The van der Waals surface area contributed by atoms with E-state index in [1.165, 1.54) is 0 Å². The van der Waals surface area contributed by atoms with Crippen LogP contribution in [-0.2, 0) is 4.79 Å². The predicted octanol–water partition coefficient (Wildman–Crippen LogP) is 4.25. The summed E-state index contributed by atoms with van der Waals surface area (Å²) in [4.78, 5) is 15.1. The molecule has 2 atom stereocenters. The molecule has 1 saturated heterocycles. The number of benzene rings is 1. The molecule has 2 aliphatic heterocycles. The summed E-state index contributed by atoms with van der Waals surface area (Å²) in [7, 11) is 0. The molecule has 0 aliphatic carbocycles. The number of nitrogens with zero attached hydrogens (tertiary/aromatic N) is 1. The Hall–Kier alpha value is -1.36. The van der Waals surface area contributed by atoms with E-state index in [0.29, 0.717) is 19.1 Å². The van der Waals surface area contributed by atoms with E-state index in [9.17, 15) is 4.79 Å². The topological polar surface area (TPSA) is 38.8 Å². The summed E-state index contributed by atoms with van der Waals surface area (Å²) < 4.78 is 11.3. The molecule has 0 aromatic heterocycles. The van der Waals surface area contributed by atoms with Gasteiger partial charge in [0.15, 0.2) is 11.5 Å². The molecule has 1 aromatic rings. The number of carbonyl (C=O) groups excluding carboxylic acids is 1. The number of thioether (sulfide) groups is 1. The quantitative estimate of drug-likeness (QED) is 0.770. The first-order valence-corrected chi connectivity index (χ1v) is 10.1. The van der Waals surface area contributed by atoms with E-state index >= 15 is 0 Å². The molecule has 0 saturated carbocycles. The summed E-state index contributed by atoms with van der Waals surface area (Å²) in [5, 5.41) is 0.101.